The molecule has 0 saturated carbocycles. The predicted octanol–water partition coefficient (Wildman–Crippen LogP) is 11.4. The standard InChI is InChI=1S/C45H31N5/c1-4-15-33(16-5-1)43-46-44(48-45(47-43)50-41-25-12-10-23-39(41)40-24-11-13-26-42(40)50)35-18-14-17-34(31-35)32-27-29-38(30-28-32)49(36-19-6-2-7-20-36)37-21-8-3-9-22-37/h1-31H. The van der Waals surface area contributed by atoms with E-state index in [2.05, 4.69) is 155 Å². The van der Waals surface area contributed by atoms with Gasteiger partial charge in [-0.25, -0.2) is 4.98 Å². The van der Waals surface area contributed by atoms with Crippen LogP contribution in [0.4, 0.5) is 17.1 Å². The van der Waals surface area contributed by atoms with Crippen molar-refractivity contribution in [1.82, 2.24) is 19.5 Å². The van der Waals surface area contributed by atoms with E-state index in [1.165, 1.54) is 0 Å². The van der Waals surface area contributed by atoms with Gasteiger partial charge in [0.2, 0.25) is 5.95 Å². The normalized spacial score (nSPS) is 11.2. The van der Waals surface area contributed by atoms with Crippen molar-refractivity contribution < 1.29 is 0 Å². The van der Waals surface area contributed by atoms with Crippen LogP contribution in [0, 0.1) is 0 Å². The molecule has 236 valence electrons. The first kappa shape index (κ1) is 29.3. The van der Waals surface area contributed by atoms with Gasteiger partial charge in [-0.3, -0.25) is 4.57 Å². The molecule has 0 aliphatic heterocycles. The van der Waals surface area contributed by atoms with Crippen LogP contribution in [0.1, 0.15) is 0 Å². The molecule has 50 heavy (non-hydrogen) atoms. The number of hydrogen-bond acceptors (Lipinski definition) is 4. The fourth-order valence-corrected chi connectivity index (χ4v) is 6.69. The van der Waals surface area contributed by atoms with E-state index >= 15 is 0 Å². The third-order valence-corrected chi connectivity index (χ3v) is 9.04. The minimum Gasteiger partial charge on any atom is -0.311 e. The molecule has 0 N–H and O–H groups in total. The molecule has 0 fully saturated rings. The van der Waals surface area contributed by atoms with E-state index in [-0.39, 0.29) is 0 Å². The zero-order chi connectivity index (χ0) is 33.3. The van der Waals surface area contributed by atoms with Crippen molar-refractivity contribution in [2.75, 3.05) is 4.90 Å². The van der Waals surface area contributed by atoms with Crippen LogP contribution >= 0.6 is 0 Å². The van der Waals surface area contributed by atoms with Gasteiger partial charge < -0.3 is 4.90 Å². The lowest BCUT2D eigenvalue weighted by atomic mass is 10.0. The molecule has 9 aromatic rings. The maximum Gasteiger partial charge on any atom is 0.238 e. The quantitative estimate of drug-likeness (QED) is 0.174. The number of hydrogen-bond donors (Lipinski definition) is 0. The molecule has 0 aliphatic rings. The number of rotatable bonds is 7. The topological polar surface area (TPSA) is 46.8 Å². The van der Waals surface area contributed by atoms with Gasteiger partial charge >= 0.3 is 0 Å². The smallest absolute Gasteiger partial charge is 0.238 e. The van der Waals surface area contributed by atoms with Crippen LogP contribution in [0.25, 0.3) is 61.7 Å². The first-order valence-corrected chi connectivity index (χ1v) is 16.7. The van der Waals surface area contributed by atoms with E-state index in [4.69, 9.17) is 15.0 Å². The fraction of sp³-hybridized carbons (Fsp3) is 0. The molecule has 2 heterocycles. The lowest BCUT2D eigenvalue weighted by Gasteiger charge is -2.25. The summed E-state index contributed by atoms with van der Waals surface area (Å²) in [7, 11) is 0. The molecule has 7 aromatic carbocycles. The molecular formula is C45H31N5. The minimum absolute atomic E-state index is 0.586. The zero-order valence-corrected chi connectivity index (χ0v) is 27.1. The van der Waals surface area contributed by atoms with Crippen molar-refractivity contribution in [2.24, 2.45) is 0 Å². The van der Waals surface area contributed by atoms with E-state index < -0.39 is 0 Å². The van der Waals surface area contributed by atoms with Crippen molar-refractivity contribution in [1.29, 1.82) is 0 Å². The number of fused-ring (bicyclic) bond motifs is 3. The highest BCUT2D eigenvalue weighted by atomic mass is 15.2. The van der Waals surface area contributed by atoms with Gasteiger partial charge in [-0.1, -0.05) is 133 Å². The summed E-state index contributed by atoms with van der Waals surface area (Å²) in [5.74, 6) is 1.83. The Morgan fingerprint density at radius 2 is 0.800 bits per heavy atom. The maximum atomic E-state index is 5.15. The van der Waals surface area contributed by atoms with E-state index in [0.717, 1.165) is 61.1 Å². The zero-order valence-electron chi connectivity index (χ0n) is 27.1. The highest BCUT2D eigenvalue weighted by Gasteiger charge is 2.18. The summed E-state index contributed by atoms with van der Waals surface area (Å²) in [4.78, 5) is 17.5. The second-order valence-electron chi connectivity index (χ2n) is 12.2. The lowest BCUT2D eigenvalue weighted by Crippen LogP contribution is -2.09. The Hall–Kier alpha value is -6.85. The molecule has 0 spiro atoms. The van der Waals surface area contributed by atoms with Gasteiger partial charge in [0, 0.05) is 39.0 Å². The first-order chi connectivity index (χ1) is 24.8. The summed E-state index contributed by atoms with van der Waals surface area (Å²) in [5.41, 5.74) is 9.46. The van der Waals surface area contributed by atoms with Gasteiger partial charge in [-0.2, -0.15) is 9.97 Å². The van der Waals surface area contributed by atoms with Crippen LogP contribution in [0.3, 0.4) is 0 Å². The number of benzene rings is 7. The Kier molecular flexibility index (Phi) is 7.41. The summed E-state index contributed by atoms with van der Waals surface area (Å²) in [5, 5.41) is 2.32. The molecular weight excluding hydrogens is 611 g/mol. The fourth-order valence-electron chi connectivity index (χ4n) is 6.69. The highest BCUT2D eigenvalue weighted by Crippen LogP contribution is 2.36. The predicted molar refractivity (Wildman–Crippen MR) is 205 cm³/mol. The lowest BCUT2D eigenvalue weighted by molar-refractivity contribution is 0.953. The Morgan fingerprint density at radius 3 is 1.40 bits per heavy atom. The van der Waals surface area contributed by atoms with Gasteiger partial charge in [0.25, 0.3) is 0 Å². The molecule has 0 unspecified atom stereocenters. The Bertz CT molecular complexity index is 2490. The van der Waals surface area contributed by atoms with Crippen LogP contribution in [0.15, 0.2) is 188 Å². The third-order valence-electron chi connectivity index (χ3n) is 9.04. The highest BCUT2D eigenvalue weighted by molar-refractivity contribution is 6.09. The van der Waals surface area contributed by atoms with Gasteiger partial charge in [-0.15, -0.1) is 0 Å². The van der Waals surface area contributed by atoms with Crippen LogP contribution in [0.5, 0.6) is 0 Å². The van der Waals surface area contributed by atoms with Crippen LogP contribution in [-0.2, 0) is 0 Å². The minimum atomic E-state index is 0.586. The van der Waals surface area contributed by atoms with E-state index in [1.54, 1.807) is 0 Å². The van der Waals surface area contributed by atoms with E-state index in [1.807, 2.05) is 42.5 Å². The SMILES string of the molecule is c1ccc(-c2nc(-c3cccc(-c4ccc(N(c5ccccc5)c5ccccc5)cc4)c3)nc(-n3c4ccccc4c4ccccc43)n2)cc1. The summed E-state index contributed by atoms with van der Waals surface area (Å²) in [6.07, 6.45) is 0. The Labute approximate surface area is 290 Å². The first-order valence-electron chi connectivity index (χ1n) is 16.7. The molecule has 5 nitrogen and oxygen atoms in total. The monoisotopic (exact) mass is 641 g/mol. The van der Waals surface area contributed by atoms with Crippen molar-refractivity contribution >= 4 is 38.9 Å². The average Bonchev–Trinajstić information content (AvgIpc) is 3.54. The van der Waals surface area contributed by atoms with Gasteiger partial charge in [-0.05, 0) is 65.7 Å². The average molecular weight is 642 g/mol. The molecule has 0 radical (unpaired) electrons. The summed E-state index contributed by atoms with van der Waals surface area (Å²) in [6, 6.07) is 65.0. The van der Waals surface area contributed by atoms with Gasteiger partial charge in [0.1, 0.15) is 0 Å². The van der Waals surface area contributed by atoms with E-state index in [9.17, 15) is 0 Å². The molecule has 9 rings (SSSR count). The number of para-hydroxylation sites is 4. The summed E-state index contributed by atoms with van der Waals surface area (Å²) < 4.78 is 2.15. The van der Waals surface area contributed by atoms with Crippen LogP contribution in [-0.4, -0.2) is 19.5 Å². The number of nitrogens with zero attached hydrogens (tertiary/aromatic N) is 5. The van der Waals surface area contributed by atoms with Crippen molar-refractivity contribution in [3.8, 4) is 39.9 Å². The third kappa shape index (κ3) is 5.37. The van der Waals surface area contributed by atoms with Crippen molar-refractivity contribution in [2.45, 2.75) is 0 Å². The largest absolute Gasteiger partial charge is 0.311 e. The molecule has 0 amide bonds. The second kappa shape index (κ2) is 12.6. The van der Waals surface area contributed by atoms with Gasteiger partial charge in [0.05, 0.1) is 11.0 Å². The van der Waals surface area contributed by atoms with E-state index in [0.29, 0.717) is 17.6 Å². The van der Waals surface area contributed by atoms with Crippen molar-refractivity contribution in [3.05, 3.63) is 188 Å². The van der Waals surface area contributed by atoms with Crippen molar-refractivity contribution in [3.63, 3.8) is 0 Å². The second-order valence-corrected chi connectivity index (χ2v) is 12.2. The molecule has 0 bridgehead atoms. The summed E-state index contributed by atoms with van der Waals surface area (Å²) in [6.45, 7) is 0. The molecule has 2 aromatic heterocycles. The van der Waals surface area contributed by atoms with Crippen LogP contribution in [0.2, 0.25) is 0 Å². The molecule has 0 saturated heterocycles. The molecule has 0 atom stereocenters. The number of anilines is 3. The summed E-state index contributed by atoms with van der Waals surface area (Å²) >= 11 is 0. The Morgan fingerprint density at radius 1 is 0.340 bits per heavy atom. The molecule has 5 heteroatoms. The van der Waals surface area contributed by atoms with Gasteiger partial charge in [0.15, 0.2) is 11.6 Å². The Balaban J connectivity index is 1.15. The number of aromatic nitrogens is 4. The molecule has 0 aliphatic carbocycles. The maximum absolute atomic E-state index is 5.15. The van der Waals surface area contributed by atoms with Crippen LogP contribution < -0.4 is 4.90 Å².